The number of carbonyl (C=O) groups is 1. The highest BCUT2D eigenvalue weighted by Gasteiger charge is 2.36. The maximum absolute atomic E-state index is 12.0. The molecule has 128 valence electrons. The van der Waals surface area contributed by atoms with Crippen molar-refractivity contribution in [3.05, 3.63) is 22.2 Å². The molecule has 0 aliphatic carbocycles. The number of carbonyl (C=O) groups excluding carboxylic acids is 1. The molecule has 0 saturated carbocycles. The number of anilines is 1. The second-order valence-electron chi connectivity index (χ2n) is 6.76. The van der Waals surface area contributed by atoms with E-state index in [4.69, 9.17) is 4.74 Å². The van der Waals surface area contributed by atoms with Gasteiger partial charge in [0.25, 0.3) is 5.91 Å². The molecule has 2 N–H and O–H groups in total. The van der Waals surface area contributed by atoms with Crippen LogP contribution in [0.4, 0.5) is 5.69 Å². The summed E-state index contributed by atoms with van der Waals surface area (Å²) >= 11 is 3.72. The van der Waals surface area contributed by atoms with Gasteiger partial charge in [0.1, 0.15) is 18.4 Å². The molecule has 1 saturated heterocycles. The third kappa shape index (κ3) is 2.50. The van der Waals surface area contributed by atoms with Gasteiger partial charge in [-0.25, -0.2) is 5.43 Å². The highest BCUT2D eigenvalue weighted by molar-refractivity contribution is 9.10. The third-order valence-electron chi connectivity index (χ3n) is 5.22. The van der Waals surface area contributed by atoms with Crippen LogP contribution in [-0.4, -0.2) is 37.5 Å². The van der Waals surface area contributed by atoms with Crippen LogP contribution >= 0.6 is 15.9 Å². The number of hydrogen-bond acceptors (Lipinski definition) is 5. The lowest BCUT2D eigenvalue weighted by Crippen LogP contribution is -2.55. The lowest BCUT2D eigenvalue weighted by atomic mass is 9.82. The first-order valence-corrected chi connectivity index (χ1v) is 9.18. The highest BCUT2D eigenvalue weighted by atomic mass is 79.9. The van der Waals surface area contributed by atoms with Crippen LogP contribution in [0.3, 0.4) is 0 Å². The third-order valence-corrected chi connectivity index (χ3v) is 5.91. The summed E-state index contributed by atoms with van der Waals surface area (Å²) < 4.78 is 6.94. The van der Waals surface area contributed by atoms with E-state index < -0.39 is 0 Å². The Labute approximate surface area is 149 Å². The Morgan fingerprint density at radius 2 is 2.21 bits per heavy atom. The van der Waals surface area contributed by atoms with Crippen LogP contribution in [0.5, 0.6) is 5.75 Å². The minimum absolute atomic E-state index is 0.0914. The number of fused-ring (bicyclic) bond motifs is 3. The van der Waals surface area contributed by atoms with Crippen LogP contribution in [0.2, 0.25) is 0 Å². The molecule has 4 rings (SSSR count). The molecule has 1 amide bonds. The average molecular weight is 393 g/mol. The standard InChI is InChI=1S/C17H21BrN4O2/c1-9-7-19-4-3-11(9)12-5-14-15(6-13(12)18)24-8-16-20-21-17(23)10(2)22(14)16/h5-6,9-11,19H,3-4,7-8H2,1-2H3,(H,21,23)/t9?,10-,11?/m1/s1. The van der Waals surface area contributed by atoms with E-state index in [0.29, 0.717) is 18.4 Å². The van der Waals surface area contributed by atoms with Crippen LogP contribution in [-0.2, 0) is 4.79 Å². The topological polar surface area (TPSA) is 66.0 Å². The van der Waals surface area contributed by atoms with Gasteiger partial charge in [-0.3, -0.25) is 4.79 Å². The van der Waals surface area contributed by atoms with Crippen molar-refractivity contribution < 1.29 is 9.53 Å². The fourth-order valence-corrected chi connectivity index (χ4v) is 4.44. The highest BCUT2D eigenvalue weighted by Crippen LogP contribution is 2.43. The first-order valence-electron chi connectivity index (χ1n) is 8.39. The molecule has 6 nitrogen and oxygen atoms in total. The minimum Gasteiger partial charge on any atom is -0.483 e. The molecule has 3 heterocycles. The summed E-state index contributed by atoms with van der Waals surface area (Å²) in [6, 6.07) is 3.92. The van der Waals surface area contributed by atoms with Crippen molar-refractivity contribution in [2.45, 2.75) is 32.2 Å². The Balaban J connectivity index is 1.79. The van der Waals surface area contributed by atoms with Crippen molar-refractivity contribution in [2.24, 2.45) is 11.0 Å². The van der Waals surface area contributed by atoms with Gasteiger partial charge in [-0.15, -0.1) is 0 Å². The normalized spacial score (nSPS) is 29.1. The molecular weight excluding hydrogens is 372 g/mol. The maximum Gasteiger partial charge on any atom is 0.262 e. The van der Waals surface area contributed by atoms with E-state index in [9.17, 15) is 4.79 Å². The molecule has 0 radical (unpaired) electrons. The van der Waals surface area contributed by atoms with Crippen LogP contribution < -0.4 is 20.4 Å². The first kappa shape index (κ1) is 15.9. The van der Waals surface area contributed by atoms with E-state index in [2.05, 4.69) is 44.8 Å². The van der Waals surface area contributed by atoms with Gasteiger partial charge in [-0.2, -0.15) is 5.10 Å². The van der Waals surface area contributed by atoms with E-state index in [1.165, 1.54) is 5.56 Å². The van der Waals surface area contributed by atoms with E-state index in [1.54, 1.807) is 0 Å². The van der Waals surface area contributed by atoms with Crippen LogP contribution in [0, 0.1) is 5.92 Å². The van der Waals surface area contributed by atoms with Gasteiger partial charge < -0.3 is 15.0 Å². The molecule has 0 aromatic heterocycles. The van der Waals surface area contributed by atoms with Gasteiger partial charge in [0.15, 0.2) is 5.84 Å². The van der Waals surface area contributed by atoms with E-state index in [1.807, 2.05) is 17.9 Å². The Morgan fingerprint density at radius 1 is 1.38 bits per heavy atom. The SMILES string of the molecule is CC1CNCCC1c1cc2c(cc1Br)OCC1=NNC(=O)[C@@H](C)N12. The number of ether oxygens (including phenoxy) is 1. The molecule has 3 aliphatic rings. The summed E-state index contributed by atoms with van der Waals surface area (Å²) in [5, 5.41) is 7.61. The van der Waals surface area contributed by atoms with E-state index >= 15 is 0 Å². The number of amidine groups is 1. The quantitative estimate of drug-likeness (QED) is 0.768. The van der Waals surface area contributed by atoms with Gasteiger partial charge in [0, 0.05) is 4.47 Å². The molecule has 3 aliphatic heterocycles. The number of hydrogen-bond donors (Lipinski definition) is 2. The Morgan fingerprint density at radius 3 is 3.00 bits per heavy atom. The zero-order valence-corrected chi connectivity index (χ0v) is 15.4. The number of hydrazone groups is 1. The second-order valence-corrected chi connectivity index (χ2v) is 7.61. The lowest BCUT2D eigenvalue weighted by molar-refractivity contribution is -0.122. The molecule has 0 spiro atoms. The summed E-state index contributed by atoms with van der Waals surface area (Å²) in [6.07, 6.45) is 1.11. The smallest absolute Gasteiger partial charge is 0.262 e. The molecule has 3 atom stereocenters. The lowest BCUT2D eigenvalue weighted by Gasteiger charge is -2.39. The minimum atomic E-state index is -0.292. The largest absolute Gasteiger partial charge is 0.483 e. The number of halogens is 1. The fraction of sp³-hybridized carbons (Fsp3) is 0.529. The van der Waals surface area contributed by atoms with Crippen LogP contribution in [0.25, 0.3) is 0 Å². The molecule has 1 aromatic rings. The Kier molecular flexibility index (Phi) is 4.00. The van der Waals surface area contributed by atoms with Gasteiger partial charge in [-0.1, -0.05) is 22.9 Å². The molecule has 2 unspecified atom stereocenters. The summed E-state index contributed by atoms with van der Waals surface area (Å²) in [4.78, 5) is 14.0. The molecule has 24 heavy (non-hydrogen) atoms. The summed E-state index contributed by atoms with van der Waals surface area (Å²) in [6.45, 7) is 6.61. The summed E-state index contributed by atoms with van der Waals surface area (Å²) in [5.41, 5.74) is 4.79. The zero-order chi connectivity index (χ0) is 16.8. The zero-order valence-electron chi connectivity index (χ0n) is 13.8. The predicted octanol–water partition coefficient (Wildman–Crippen LogP) is 2.19. The fourth-order valence-electron chi connectivity index (χ4n) is 3.82. The van der Waals surface area contributed by atoms with Gasteiger partial charge in [-0.05, 0) is 56.0 Å². The van der Waals surface area contributed by atoms with Gasteiger partial charge in [0.2, 0.25) is 0 Å². The number of benzene rings is 1. The predicted molar refractivity (Wildman–Crippen MR) is 96.5 cm³/mol. The number of nitrogens with one attached hydrogen (secondary N) is 2. The van der Waals surface area contributed by atoms with Gasteiger partial charge >= 0.3 is 0 Å². The Hall–Kier alpha value is -1.60. The van der Waals surface area contributed by atoms with Crippen molar-refractivity contribution in [3.63, 3.8) is 0 Å². The molecule has 1 aromatic carbocycles. The van der Waals surface area contributed by atoms with Crippen molar-refractivity contribution in [1.82, 2.24) is 10.7 Å². The summed E-state index contributed by atoms with van der Waals surface area (Å²) in [5.74, 6) is 2.51. The van der Waals surface area contributed by atoms with Crippen molar-refractivity contribution in [2.75, 3.05) is 24.6 Å². The molecular formula is C17H21BrN4O2. The molecule has 1 fully saturated rings. The second kappa shape index (κ2) is 6.04. The monoisotopic (exact) mass is 392 g/mol. The van der Waals surface area contributed by atoms with Crippen LogP contribution in [0.1, 0.15) is 31.7 Å². The van der Waals surface area contributed by atoms with Crippen molar-refractivity contribution in [1.29, 1.82) is 0 Å². The average Bonchev–Trinajstić information content (AvgIpc) is 2.58. The summed E-state index contributed by atoms with van der Waals surface area (Å²) in [7, 11) is 0. The molecule has 0 bridgehead atoms. The number of piperidine rings is 1. The van der Waals surface area contributed by atoms with Gasteiger partial charge in [0.05, 0.1) is 5.69 Å². The maximum atomic E-state index is 12.0. The van der Waals surface area contributed by atoms with E-state index in [0.717, 1.165) is 41.3 Å². The first-order chi connectivity index (χ1) is 11.6. The van der Waals surface area contributed by atoms with Crippen molar-refractivity contribution >= 4 is 33.4 Å². The van der Waals surface area contributed by atoms with E-state index in [-0.39, 0.29) is 11.9 Å². The number of amides is 1. The Bertz CT molecular complexity index is 721. The number of nitrogens with zero attached hydrogens (tertiary/aromatic N) is 2. The number of rotatable bonds is 1. The van der Waals surface area contributed by atoms with Crippen molar-refractivity contribution in [3.8, 4) is 5.75 Å². The van der Waals surface area contributed by atoms with Crippen LogP contribution in [0.15, 0.2) is 21.7 Å². The molecule has 7 heteroatoms.